The average Bonchev–Trinajstić information content (AvgIpc) is 2.24. The fourth-order valence-electron chi connectivity index (χ4n) is 1.58. The lowest BCUT2D eigenvalue weighted by Gasteiger charge is -2.33. The van der Waals surface area contributed by atoms with E-state index in [0.717, 1.165) is 32.0 Å². The summed E-state index contributed by atoms with van der Waals surface area (Å²) in [5.74, 6) is 0.741. The van der Waals surface area contributed by atoms with E-state index in [4.69, 9.17) is 23.2 Å². The SMILES string of the molecule is CN1CCN(c2ncnc(Cl)c2Cl)CC1. The monoisotopic (exact) mass is 246 g/mol. The van der Waals surface area contributed by atoms with E-state index in [1.807, 2.05) is 0 Å². The number of nitrogens with zero attached hydrogens (tertiary/aromatic N) is 4. The predicted octanol–water partition coefficient (Wildman–Crippen LogP) is 1.54. The average molecular weight is 247 g/mol. The Morgan fingerprint density at radius 1 is 1.13 bits per heavy atom. The highest BCUT2D eigenvalue weighted by Gasteiger charge is 2.19. The Morgan fingerprint density at radius 3 is 2.47 bits per heavy atom. The minimum absolute atomic E-state index is 0.320. The summed E-state index contributed by atoms with van der Waals surface area (Å²) >= 11 is 11.9. The zero-order valence-electron chi connectivity index (χ0n) is 8.45. The first-order valence-corrected chi connectivity index (χ1v) is 5.53. The number of likely N-dealkylation sites (N-methyl/N-ethyl adjacent to an activating group) is 1. The Kier molecular flexibility index (Phi) is 3.29. The summed E-state index contributed by atoms with van der Waals surface area (Å²) in [6.07, 6.45) is 1.45. The fraction of sp³-hybridized carbons (Fsp3) is 0.556. The Morgan fingerprint density at radius 2 is 1.80 bits per heavy atom. The van der Waals surface area contributed by atoms with Gasteiger partial charge < -0.3 is 9.80 Å². The molecule has 1 saturated heterocycles. The molecule has 1 aliphatic heterocycles. The van der Waals surface area contributed by atoms with Gasteiger partial charge in [0.25, 0.3) is 0 Å². The number of halogens is 2. The van der Waals surface area contributed by atoms with Crippen molar-refractivity contribution in [2.75, 3.05) is 38.1 Å². The first kappa shape index (κ1) is 10.9. The Hall–Kier alpha value is -0.580. The number of aromatic nitrogens is 2. The van der Waals surface area contributed by atoms with Gasteiger partial charge in [0.05, 0.1) is 0 Å². The molecule has 1 aromatic rings. The highest BCUT2D eigenvalue weighted by atomic mass is 35.5. The molecule has 1 aromatic heterocycles. The van der Waals surface area contributed by atoms with Crippen LogP contribution >= 0.6 is 23.2 Å². The third-order valence-electron chi connectivity index (χ3n) is 2.53. The summed E-state index contributed by atoms with van der Waals surface area (Å²) in [6.45, 7) is 3.86. The molecular formula is C9H12Cl2N4. The molecule has 1 aliphatic rings. The van der Waals surface area contributed by atoms with Crippen molar-refractivity contribution in [3.05, 3.63) is 16.5 Å². The summed E-state index contributed by atoms with van der Waals surface area (Å²) in [6, 6.07) is 0. The van der Waals surface area contributed by atoms with Crippen LogP contribution in [0.4, 0.5) is 5.82 Å². The van der Waals surface area contributed by atoms with Crippen LogP contribution in [-0.4, -0.2) is 48.1 Å². The summed E-state index contributed by atoms with van der Waals surface area (Å²) in [7, 11) is 2.10. The number of rotatable bonds is 1. The van der Waals surface area contributed by atoms with Gasteiger partial charge in [-0.05, 0) is 7.05 Å². The van der Waals surface area contributed by atoms with E-state index in [9.17, 15) is 0 Å². The lowest BCUT2D eigenvalue weighted by molar-refractivity contribution is 0.312. The highest BCUT2D eigenvalue weighted by molar-refractivity contribution is 6.42. The molecular weight excluding hydrogens is 235 g/mol. The Bertz CT molecular complexity index is 350. The first-order valence-electron chi connectivity index (χ1n) is 4.78. The predicted molar refractivity (Wildman–Crippen MR) is 61.8 cm³/mol. The summed E-state index contributed by atoms with van der Waals surface area (Å²) in [5.41, 5.74) is 0. The molecule has 82 valence electrons. The van der Waals surface area contributed by atoms with Crippen LogP contribution in [0.5, 0.6) is 0 Å². The topological polar surface area (TPSA) is 32.3 Å². The minimum atomic E-state index is 0.320. The van der Waals surface area contributed by atoms with E-state index in [1.165, 1.54) is 6.33 Å². The molecule has 0 aliphatic carbocycles. The molecule has 2 rings (SSSR count). The number of anilines is 1. The van der Waals surface area contributed by atoms with Crippen molar-refractivity contribution in [2.24, 2.45) is 0 Å². The van der Waals surface area contributed by atoms with Gasteiger partial charge in [0.15, 0.2) is 11.0 Å². The number of piperazine rings is 1. The van der Waals surface area contributed by atoms with Crippen LogP contribution in [0.1, 0.15) is 0 Å². The zero-order valence-corrected chi connectivity index (χ0v) is 9.96. The molecule has 1 fully saturated rings. The van der Waals surface area contributed by atoms with Crippen LogP contribution < -0.4 is 4.90 Å². The third-order valence-corrected chi connectivity index (χ3v) is 3.26. The molecule has 0 N–H and O–H groups in total. The van der Waals surface area contributed by atoms with Crippen LogP contribution in [0.2, 0.25) is 10.2 Å². The van der Waals surface area contributed by atoms with Crippen molar-refractivity contribution >= 4 is 29.0 Å². The van der Waals surface area contributed by atoms with E-state index in [0.29, 0.717) is 10.2 Å². The Labute approximate surface area is 98.8 Å². The number of hydrogen-bond donors (Lipinski definition) is 0. The molecule has 0 aromatic carbocycles. The van der Waals surface area contributed by atoms with Gasteiger partial charge in [0, 0.05) is 26.2 Å². The zero-order chi connectivity index (χ0) is 10.8. The van der Waals surface area contributed by atoms with Crippen molar-refractivity contribution < 1.29 is 0 Å². The van der Waals surface area contributed by atoms with Gasteiger partial charge in [0.2, 0.25) is 0 Å². The van der Waals surface area contributed by atoms with E-state index in [-0.39, 0.29) is 0 Å². The van der Waals surface area contributed by atoms with Crippen LogP contribution in [0, 0.1) is 0 Å². The molecule has 4 nitrogen and oxygen atoms in total. The Balaban J connectivity index is 2.19. The largest absolute Gasteiger partial charge is 0.353 e. The highest BCUT2D eigenvalue weighted by Crippen LogP contribution is 2.28. The molecule has 15 heavy (non-hydrogen) atoms. The third kappa shape index (κ3) is 2.33. The second-order valence-corrected chi connectivity index (χ2v) is 4.33. The van der Waals surface area contributed by atoms with Crippen molar-refractivity contribution in [2.45, 2.75) is 0 Å². The molecule has 6 heteroatoms. The van der Waals surface area contributed by atoms with E-state index in [1.54, 1.807) is 0 Å². The lowest BCUT2D eigenvalue weighted by atomic mass is 10.3. The van der Waals surface area contributed by atoms with Gasteiger partial charge >= 0.3 is 0 Å². The first-order chi connectivity index (χ1) is 7.18. The molecule has 0 atom stereocenters. The maximum absolute atomic E-state index is 6.05. The van der Waals surface area contributed by atoms with Crippen molar-refractivity contribution in [3.8, 4) is 0 Å². The van der Waals surface area contributed by atoms with Crippen LogP contribution in [0.15, 0.2) is 6.33 Å². The van der Waals surface area contributed by atoms with Crippen LogP contribution in [0.3, 0.4) is 0 Å². The van der Waals surface area contributed by atoms with Gasteiger partial charge in [0.1, 0.15) is 11.3 Å². The number of hydrogen-bond acceptors (Lipinski definition) is 4. The quantitative estimate of drug-likeness (QED) is 0.704. The summed E-state index contributed by atoms with van der Waals surface area (Å²) < 4.78 is 0. The second kappa shape index (κ2) is 4.51. The second-order valence-electron chi connectivity index (χ2n) is 3.59. The molecule has 0 amide bonds. The summed E-state index contributed by atoms with van der Waals surface area (Å²) in [4.78, 5) is 12.4. The lowest BCUT2D eigenvalue weighted by Crippen LogP contribution is -2.45. The molecule has 0 bridgehead atoms. The fourth-order valence-corrected chi connectivity index (χ4v) is 1.92. The van der Waals surface area contributed by atoms with Crippen LogP contribution in [0.25, 0.3) is 0 Å². The maximum Gasteiger partial charge on any atom is 0.153 e. The van der Waals surface area contributed by atoms with Gasteiger partial charge in [-0.3, -0.25) is 0 Å². The van der Waals surface area contributed by atoms with Crippen molar-refractivity contribution in [1.82, 2.24) is 14.9 Å². The van der Waals surface area contributed by atoms with Gasteiger partial charge in [-0.1, -0.05) is 23.2 Å². The van der Waals surface area contributed by atoms with E-state index >= 15 is 0 Å². The molecule has 0 saturated carbocycles. The normalized spacial score (nSPS) is 18.2. The molecule has 0 unspecified atom stereocenters. The minimum Gasteiger partial charge on any atom is -0.353 e. The smallest absolute Gasteiger partial charge is 0.153 e. The van der Waals surface area contributed by atoms with E-state index in [2.05, 4.69) is 26.8 Å². The van der Waals surface area contributed by atoms with Crippen molar-refractivity contribution in [3.63, 3.8) is 0 Å². The summed E-state index contributed by atoms with van der Waals surface area (Å²) in [5, 5.41) is 0.768. The molecule has 0 radical (unpaired) electrons. The molecule has 0 spiro atoms. The van der Waals surface area contributed by atoms with Gasteiger partial charge in [-0.15, -0.1) is 0 Å². The van der Waals surface area contributed by atoms with E-state index < -0.39 is 0 Å². The van der Waals surface area contributed by atoms with Crippen LogP contribution in [-0.2, 0) is 0 Å². The van der Waals surface area contributed by atoms with Crippen molar-refractivity contribution in [1.29, 1.82) is 0 Å². The van der Waals surface area contributed by atoms with Gasteiger partial charge in [-0.25, -0.2) is 9.97 Å². The van der Waals surface area contributed by atoms with Gasteiger partial charge in [-0.2, -0.15) is 0 Å². The standard InChI is InChI=1S/C9H12Cl2N4/c1-14-2-4-15(5-3-14)9-7(10)8(11)12-6-13-9/h6H,2-5H2,1H3. The molecule has 2 heterocycles. The maximum atomic E-state index is 6.05.